The topological polar surface area (TPSA) is 142 Å². The van der Waals surface area contributed by atoms with E-state index in [1.807, 2.05) is 0 Å². The number of ether oxygens (including phenoxy) is 1. The number of primary amides is 3. The Bertz CT molecular complexity index is 626. The lowest BCUT2D eigenvalue weighted by molar-refractivity contribution is 0.0953. The third-order valence-electron chi connectivity index (χ3n) is 2.97. The third kappa shape index (κ3) is 2.59. The zero-order valence-electron chi connectivity index (χ0n) is 10.3. The van der Waals surface area contributed by atoms with E-state index in [2.05, 4.69) is 0 Å². The molecule has 1 aromatic carbocycles. The van der Waals surface area contributed by atoms with Crippen LogP contribution in [0.4, 0.5) is 0 Å². The number of benzene rings is 1. The molecule has 20 heavy (non-hydrogen) atoms. The second-order valence-electron chi connectivity index (χ2n) is 4.39. The van der Waals surface area contributed by atoms with E-state index in [-0.39, 0.29) is 27.8 Å². The average molecular weight is 298 g/mol. The number of nitrogens with two attached hydrogens (primary N) is 3. The standard InChI is InChI=1S/C12H12ClN3O4/c13-7-2-6(10(14)17)9(12(16)19)8(11(15)18)5(7)1-4-3-20-4/h2,4H,1,3H2,(H2,14,17)(H2,15,18)(H2,16,19). The van der Waals surface area contributed by atoms with E-state index in [4.69, 9.17) is 33.5 Å². The van der Waals surface area contributed by atoms with Crippen molar-refractivity contribution in [2.24, 2.45) is 17.2 Å². The van der Waals surface area contributed by atoms with Crippen molar-refractivity contribution < 1.29 is 19.1 Å². The fraction of sp³-hybridized carbons (Fsp3) is 0.250. The van der Waals surface area contributed by atoms with Crippen molar-refractivity contribution in [1.29, 1.82) is 0 Å². The molecule has 1 atom stereocenters. The van der Waals surface area contributed by atoms with E-state index < -0.39 is 17.7 Å². The van der Waals surface area contributed by atoms with Gasteiger partial charge in [-0.3, -0.25) is 14.4 Å². The highest BCUT2D eigenvalue weighted by Crippen LogP contribution is 2.30. The maximum Gasteiger partial charge on any atom is 0.250 e. The Morgan fingerprint density at radius 1 is 1.15 bits per heavy atom. The lowest BCUT2D eigenvalue weighted by atomic mass is 9.92. The Balaban J connectivity index is 2.74. The summed E-state index contributed by atoms with van der Waals surface area (Å²) in [5, 5.41) is 0.119. The molecule has 1 unspecified atom stereocenters. The Labute approximate surface area is 119 Å². The molecule has 6 N–H and O–H groups in total. The van der Waals surface area contributed by atoms with Crippen LogP contribution >= 0.6 is 11.6 Å². The van der Waals surface area contributed by atoms with E-state index in [1.165, 1.54) is 6.07 Å². The Morgan fingerprint density at radius 2 is 1.70 bits per heavy atom. The Morgan fingerprint density at radius 3 is 2.10 bits per heavy atom. The normalized spacial score (nSPS) is 16.8. The van der Waals surface area contributed by atoms with Gasteiger partial charge in [-0.1, -0.05) is 11.6 Å². The summed E-state index contributed by atoms with van der Waals surface area (Å²) in [7, 11) is 0. The highest BCUT2D eigenvalue weighted by Gasteiger charge is 2.31. The molecule has 1 fully saturated rings. The zero-order valence-corrected chi connectivity index (χ0v) is 11.1. The number of carbonyl (C=O) groups is 3. The van der Waals surface area contributed by atoms with Gasteiger partial charge in [0.05, 0.1) is 29.4 Å². The molecule has 1 aliphatic heterocycles. The molecule has 0 spiro atoms. The van der Waals surface area contributed by atoms with Gasteiger partial charge in [0, 0.05) is 11.4 Å². The second kappa shape index (κ2) is 5.10. The summed E-state index contributed by atoms with van der Waals surface area (Å²) in [5.41, 5.74) is 15.3. The van der Waals surface area contributed by atoms with Crippen LogP contribution in [-0.2, 0) is 11.2 Å². The smallest absolute Gasteiger partial charge is 0.250 e. The number of carbonyl (C=O) groups excluding carboxylic acids is 3. The Kier molecular flexibility index (Phi) is 3.65. The molecule has 0 bridgehead atoms. The zero-order chi connectivity index (χ0) is 15.0. The van der Waals surface area contributed by atoms with E-state index >= 15 is 0 Å². The molecular formula is C12H12ClN3O4. The molecule has 2 rings (SSSR count). The van der Waals surface area contributed by atoms with Gasteiger partial charge in [-0.05, 0) is 11.6 Å². The molecule has 7 nitrogen and oxygen atoms in total. The van der Waals surface area contributed by atoms with Crippen LogP contribution in [0, 0.1) is 0 Å². The number of epoxide rings is 1. The van der Waals surface area contributed by atoms with Crippen LogP contribution in [0.3, 0.4) is 0 Å². The highest BCUT2D eigenvalue weighted by atomic mass is 35.5. The van der Waals surface area contributed by atoms with Crippen molar-refractivity contribution in [1.82, 2.24) is 0 Å². The molecule has 0 aromatic heterocycles. The van der Waals surface area contributed by atoms with Crippen molar-refractivity contribution in [3.8, 4) is 0 Å². The molecule has 1 saturated heterocycles. The van der Waals surface area contributed by atoms with Crippen LogP contribution in [0.2, 0.25) is 5.02 Å². The number of amides is 3. The molecule has 1 heterocycles. The minimum Gasteiger partial charge on any atom is -0.373 e. The first-order valence-corrected chi connectivity index (χ1v) is 6.07. The maximum atomic E-state index is 11.6. The second-order valence-corrected chi connectivity index (χ2v) is 4.79. The summed E-state index contributed by atoms with van der Waals surface area (Å²) < 4.78 is 5.06. The minimum atomic E-state index is -0.970. The van der Waals surface area contributed by atoms with Gasteiger partial charge in [-0.2, -0.15) is 0 Å². The number of hydrogen-bond donors (Lipinski definition) is 3. The van der Waals surface area contributed by atoms with Crippen molar-refractivity contribution >= 4 is 29.3 Å². The highest BCUT2D eigenvalue weighted by molar-refractivity contribution is 6.33. The molecule has 1 aliphatic rings. The van der Waals surface area contributed by atoms with Crippen LogP contribution in [0.5, 0.6) is 0 Å². The lowest BCUT2D eigenvalue weighted by Crippen LogP contribution is -2.28. The molecule has 1 aromatic rings. The maximum absolute atomic E-state index is 11.6. The number of rotatable bonds is 5. The summed E-state index contributed by atoms with van der Waals surface area (Å²) >= 11 is 6.05. The SMILES string of the molecule is NC(=O)c1cc(Cl)c(CC2CO2)c(C(N)=O)c1C(N)=O. The molecule has 0 aliphatic carbocycles. The minimum absolute atomic E-state index is 0.0919. The average Bonchev–Trinajstić information content (AvgIpc) is 3.13. The molecule has 8 heteroatoms. The Hall–Kier alpha value is -2.12. The van der Waals surface area contributed by atoms with Gasteiger partial charge < -0.3 is 21.9 Å². The number of halogens is 1. The van der Waals surface area contributed by atoms with E-state index in [9.17, 15) is 14.4 Å². The number of hydrogen-bond acceptors (Lipinski definition) is 4. The quantitative estimate of drug-likeness (QED) is 0.634. The summed E-state index contributed by atoms with van der Waals surface area (Å²) in [5.74, 6) is -2.79. The summed E-state index contributed by atoms with van der Waals surface area (Å²) in [6.07, 6.45) is 0.210. The fourth-order valence-electron chi connectivity index (χ4n) is 2.03. The van der Waals surface area contributed by atoms with Crippen LogP contribution in [0.15, 0.2) is 6.07 Å². The van der Waals surface area contributed by atoms with Crippen LogP contribution < -0.4 is 17.2 Å². The van der Waals surface area contributed by atoms with Gasteiger partial charge in [-0.15, -0.1) is 0 Å². The first-order chi connectivity index (χ1) is 9.32. The van der Waals surface area contributed by atoms with Crippen LogP contribution in [-0.4, -0.2) is 30.4 Å². The van der Waals surface area contributed by atoms with Crippen molar-refractivity contribution in [2.45, 2.75) is 12.5 Å². The summed E-state index contributed by atoms with van der Waals surface area (Å²) in [4.78, 5) is 34.6. The van der Waals surface area contributed by atoms with Crippen molar-refractivity contribution in [3.05, 3.63) is 33.3 Å². The largest absolute Gasteiger partial charge is 0.373 e. The monoisotopic (exact) mass is 297 g/mol. The first kappa shape index (κ1) is 14.3. The van der Waals surface area contributed by atoms with Crippen molar-refractivity contribution in [2.75, 3.05) is 6.61 Å². The summed E-state index contributed by atoms with van der Waals surface area (Å²) in [6, 6.07) is 1.22. The molecule has 0 radical (unpaired) electrons. The van der Waals surface area contributed by atoms with Gasteiger partial charge in [0.25, 0.3) is 0 Å². The molecular weight excluding hydrogens is 286 g/mol. The van der Waals surface area contributed by atoms with Crippen LogP contribution in [0.1, 0.15) is 36.6 Å². The van der Waals surface area contributed by atoms with Gasteiger partial charge in [0.15, 0.2) is 0 Å². The van der Waals surface area contributed by atoms with E-state index in [0.717, 1.165) is 0 Å². The predicted molar refractivity (Wildman–Crippen MR) is 70.4 cm³/mol. The van der Waals surface area contributed by atoms with Gasteiger partial charge >= 0.3 is 0 Å². The van der Waals surface area contributed by atoms with Gasteiger partial charge in [0.2, 0.25) is 17.7 Å². The lowest BCUT2D eigenvalue weighted by Gasteiger charge is -2.14. The molecule has 0 saturated carbocycles. The van der Waals surface area contributed by atoms with Gasteiger partial charge in [-0.25, -0.2) is 0 Å². The fourth-order valence-corrected chi connectivity index (χ4v) is 2.31. The third-order valence-corrected chi connectivity index (χ3v) is 3.31. The van der Waals surface area contributed by atoms with E-state index in [0.29, 0.717) is 18.6 Å². The van der Waals surface area contributed by atoms with Gasteiger partial charge in [0.1, 0.15) is 0 Å². The summed E-state index contributed by atoms with van der Waals surface area (Å²) in [6.45, 7) is 0.526. The predicted octanol–water partition coefficient (Wildman–Crippen LogP) is -0.422. The first-order valence-electron chi connectivity index (χ1n) is 5.69. The van der Waals surface area contributed by atoms with Crippen molar-refractivity contribution in [3.63, 3.8) is 0 Å². The van der Waals surface area contributed by atoms with Crippen LogP contribution in [0.25, 0.3) is 0 Å². The van der Waals surface area contributed by atoms with E-state index in [1.54, 1.807) is 0 Å². The molecule has 106 valence electrons. The molecule has 3 amide bonds.